The van der Waals surface area contributed by atoms with Crippen molar-refractivity contribution in [3.8, 4) is 0 Å². The minimum absolute atomic E-state index is 0.0245. The smallest absolute Gasteiger partial charge is 0.237 e. The molecule has 2 saturated carbocycles. The first kappa shape index (κ1) is 26.7. The number of fused-ring (bicyclic) bond motifs is 1. The number of nitrogens with one attached hydrogen (secondary N) is 6. The maximum Gasteiger partial charge on any atom is 0.237 e. The van der Waals surface area contributed by atoms with E-state index in [0.717, 1.165) is 51.5 Å². The van der Waals surface area contributed by atoms with Gasteiger partial charge in [-0.2, -0.15) is 5.48 Å². The van der Waals surface area contributed by atoms with Gasteiger partial charge < -0.3 is 20.1 Å². The highest BCUT2D eigenvalue weighted by Crippen LogP contribution is 2.34. The van der Waals surface area contributed by atoms with E-state index < -0.39 is 0 Å². The Labute approximate surface area is 208 Å². The van der Waals surface area contributed by atoms with Gasteiger partial charge >= 0.3 is 0 Å². The Morgan fingerprint density at radius 1 is 1.06 bits per heavy atom. The van der Waals surface area contributed by atoms with Gasteiger partial charge in [-0.1, -0.05) is 12.8 Å². The third-order valence-corrected chi connectivity index (χ3v) is 8.14. The Morgan fingerprint density at radius 2 is 1.83 bits per heavy atom. The van der Waals surface area contributed by atoms with Crippen molar-refractivity contribution in [3.63, 3.8) is 0 Å². The molecule has 2 aliphatic carbocycles. The van der Waals surface area contributed by atoms with Crippen LogP contribution in [0.4, 0.5) is 0 Å². The Balaban J connectivity index is 1.09. The van der Waals surface area contributed by atoms with E-state index in [1.165, 1.54) is 6.42 Å². The number of carbonyl (C=O) groups excluding carboxylic acids is 2. The van der Waals surface area contributed by atoms with Crippen molar-refractivity contribution in [2.24, 2.45) is 17.8 Å². The van der Waals surface area contributed by atoms with E-state index in [-0.39, 0.29) is 54.4 Å². The van der Waals surface area contributed by atoms with Crippen molar-refractivity contribution >= 4 is 11.8 Å². The van der Waals surface area contributed by atoms with Gasteiger partial charge in [-0.3, -0.25) is 25.2 Å². The molecule has 0 spiro atoms. The second-order valence-corrected chi connectivity index (χ2v) is 10.3. The highest BCUT2D eigenvalue weighted by molar-refractivity contribution is 5.79. The fourth-order valence-corrected chi connectivity index (χ4v) is 6.24. The van der Waals surface area contributed by atoms with Gasteiger partial charge in [0.2, 0.25) is 11.8 Å². The molecule has 0 aromatic rings. The first-order valence-electron chi connectivity index (χ1n) is 13.4. The van der Waals surface area contributed by atoms with Crippen LogP contribution in [0.1, 0.15) is 64.2 Å². The molecule has 4 aliphatic rings. The molecule has 200 valence electrons. The third kappa shape index (κ3) is 6.91. The van der Waals surface area contributed by atoms with Crippen LogP contribution < -0.4 is 32.3 Å². The van der Waals surface area contributed by atoms with Gasteiger partial charge in [-0.25, -0.2) is 5.43 Å². The van der Waals surface area contributed by atoms with E-state index in [1.54, 1.807) is 14.2 Å². The van der Waals surface area contributed by atoms with E-state index in [0.29, 0.717) is 25.3 Å². The van der Waals surface area contributed by atoms with Gasteiger partial charge in [0, 0.05) is 44.9 Å². The normalized spacial score (nSPS) is 37.5. The summed E-state index contributed by atoms with van der Waals surface area (Å²) in [7, 11) is 3.50. The first-order valence-corrected chi connectivity index (χ1v) is 13.4. The summed E-state index contributed by atoms with van der Waals surface area (Å²) in [4.78, 5) is 30.1. The van der Waals surface area contributed by atoms with Crippen LogP contribution in [0.3, 0.4) is 0 Å². The van der Waals surface area contributed by atoms with Gasteiger partial charge in [-0.15, -0.1) is 0 Å². The van der Waals surface area contributed by atoms with Crippen LogP contribution in [0.5, 0.6) is 0 Å². The summed E-state index contributed by atoms with van der Waals surface area (Å²) in [5.74, 6) is 0.757. The number of hydroxylamine groups is 1. The van der Waals surface area contributed by atoms with Crippen molar-refractivity contribution in [3.05, 3.63) is 0 Å². The second kappa shape index (κ2) is 13.3. The lowest BCUT2D eigenvalue weighted by molar-refractivity contribution is -0.134. The van der Waals surface area contributed by atoms with Gasteiger partial charge in [-0.05, 0) is 51.5 Å². The Kier molecular flexibility index (Phi) is 10.1. The van der Waals surface area contributed by atoms with Crippen molar-refractivity contribution in [1.82, 2.24) is 32.3 Å². The molecule has 2 aliphatic heterocycles. The standard InChI is InChI=1S/C24H44N6O5/c1-33-17-9-5-10-18(34-2)21(17)23-27-20(35-30-23)12-11-19(31)25-13-6-14-26-22-15-7-3-4-8-16(15)24(32)29-28-22/h15-18,20-23,26-28,30H,3-14H2,1-2H3,(H,25,31)(H,29,32). The summed E-state index contributed by atoms with van der Waals surface area (Å²) in [6.07, 6.45) is 9.32. The van der Waals surface area contributed by atoms with Crippen molar-refractivity contribution in [2.75, 3.05) is 27.3 Å². The van der Waals surface area contributed by atoms with E-state index >= 15 is 0 Å². The molecular formula is C24H44N6O5. The lowest BCUT2D eigenvalue weighted by atomic mass is 9.76. The highest BCUT2D eigenvalue weighted by Gasteiger charge is 2.43. The predicted molar refractivity (Wildman–Crippen MR) is 129 cm³/mol. The Bertz CT molecular complexity index is 687. The molecule has 0 aromatic carbocycles. The number of carbonyl (C=O) groups is 2. The van der Waals surface area contributed by atoms with Gasteiger partial charge in [0.15, 0.2) is 0 Å². The van der Waals surface area contributed by atoms with Crippen molar-refractivity contribution in [1.29, 1.82) is 0 Å². The second-order valence-electron chi connectivity index (χ2n) is 10.3. The predicted octanol–water partition coefficient (Wildman–Crippen LogP) is 0.236. The quantitative estimate of drug-likeness (QED) is 0.222. The highest BCUT2D eigenvalue weighted by atomic mass is 16.7. The lowest BCUT2D eigenvalue weighted by Crippen LogP contribution is -2.64. The molecule has 0 bridgehead atoms. The molecule has 2 saturated heterocycles. The van der Waals surface area contributed by atoms with Crippen LogP contribution in [0, 0.1) is 17.8 Å². The van der Waals surface area contributed by atoms with Gasteiger partial charge in [0.05, 0.1) is 24.5 Å². The third-order valence-electron chi connectivity index (χ3n) is 8.14. The average molecular weight is 497 g/mol. The summed E-state index contributed by atoms with van der Waals surface area (Å²) in [5.41, 5.74) is 9.03. The Hall–Kier alpha value is -1.34. The number of hydrogen-bond donors (Lipinski definition) is 6. The monoisotopic (exact) mass is 496 g/mol. The molecular weight excluding hydrogens is 452 g/mol. The molecule has 7 atom stereocenters. The van der Waals surface area contributed by atoms with Crippen LogP contribution in [-0.4, -0.2) is 69.9 Å². The Morgan fingerprint density at radius 3 is 2.60 bits per heavy atom. The van der Waals surface area contributed by atoms with Gasteiger partial charge in [0.25, 0.3) is 0 Å². The minimum atomic E-state index is -0.222. The van der Waals surface area contributed by atoms with Crippen LogP contribution in [-0.2, 0) is 23.9 Å². The maximum atomic E-state index is 12.3. The van der Waals surface area contributed by atoms with Crippen molar-refractivity contribution < 1.29 is 23.9 Å². The molecule has 11 heteroatoms. The van der Waals surface area contributed by atoms with Crippen LogP contribution in [0.25, 0.3) is 0 Å². The zero-order valence-electron chi connectivity index (χ0n) is 21.1. The number of methoxy groups -OCH3 is 2. The summed E-state index contributed by atoms with van der Waals surface area (Å²) >= 11 is 0. The van der Waals surface area contributed by atoms with Crippen LogP contribution >= 0.6 is 0 Å². The molecule has 0 aromatic heterocycles. The number of hydrogen-bond acceptors (Lipinski definition) is 9. The number of hydrazine groups is 1. The SMILES string of the molecule is COC1CCCC(OC)C1C1NOC(CCC(=O)NCCCNC2NNC(=O)C3CCCCC23)N1. The fraction of sp³-hybridized carbons (Fsp3) is 0.917. The molecule has 35 heavy (non-hydrogen) atoms. The number of rotatable bonds is 11. The van der Waals surface area contributed by atoms with Gasteiger partial charge in [0.1, 0.15) is 6.23 Å². The average Bonchev–Trinajstić information content (AvgIpc) is 3.36. The number of amides is 2. The zero-order chi connectivity index (χ0) is 24.6. The topological polar surface area (TPSA) is 134 Å². The first-order chi connectivity index (χ1) is 17.1. The molecule has 0 radical (unpaired) electrons. The fourth-order valence-electron chi connectivity index (χ4n) is 6.24. The molecule has 2 heterocycles. The van der Waals surface area contributed by atoms with Crippen LogP contribution in [0.2, 0.25) is 0 Å². The molecule has 2 amide bonds. The van der Waals surface area contributed by atoms with Crippen molar-refractivity contribution in [2.45, 2.75) is 95.0 Å². The molecule has 4 fully saturated rings. The summed E-state index contributed by atoms with van der Waals surface area (Å²) < 4.78 is 11.4. The zero-order valence-corrected chi connectivity index (χ0v) is 21.1. The van der Waals surface area contributed by atoms with E-state index in [9.17, 15) is 9.59 Å². The minimum Gasteiger partial charge on any atom is -0.381 e. The van der Waals surface area contributed by atoms with E-state index in [4.69, 9.17) is 14.3 Å². The number of ether oxygens (including phenoxy) is 2. The molecule has 6 N–H and O–H groups in total. The maximum absolute atomic E-state index is 12.3. The van der Waals surface area contributed by atoms with E-state index in [1.807, 2.05) is 0 Å². The van der Waals surface area contributed by atoms with E-state index in [2.05, 4.69) is 32.3 Å². The summed E-state index contributed by atoms with van der Waals surface area (Å²) in [5, 5.41) is 9.97. The lowest BCUT2D eigenvalue weighted by Gasteiger charge is -2.41. The summed E-state index contributed by atoms with van der Waals surface area (Å²) in [6, 6.07) is 0. The van der Waals surface area contributed by atoms with Crippen LogP contribution in [0.15, 0.2) is 0 Å². The summed E-state index contributed by atoms with van der Waals surface area (Å²) in [6.45, 7) is 1.39. The largest absolute Gasteiger partial charge is 0.381 e. The molecule has 11 nitrogen and oxygen atoms in total. The molecule has 7 unspecified atom stereocenters. The molecule has 4 rings (SSSR count).